The van der Waals surface area contributed by atoms with Crippen LogP contribution in [0.1, 0.15) is 18.1 Å². The smallest absolute Gasteiger partial charge is 0.234 e. The fraction of sp³-hybridized carbons (Fsp3) is 0.333. The van der Waals surface area contributed by atoms with Crippen LogP contribution in [0.3, 0.4) is 0 Å². The zero-order chi connectivity index (χ0) is 19.8. The highest BCUT2D eigenvalue weighted by atomic mass is 35.5. The lowest BCUT2D eigenvalue weighted by molar-refractivity contribution is -0.127. The lowest BCUT2D eigenvalue weighted by Gasteiger charge is -2.21. The number of amides is 1. The quantitative estimate of drug-likeness (QED) is 0.717. The molecule has 5 nitrogen and oxygen atoms in total. The normalized spacial score (nSPS) is 11.9. The van der Waals surface area contributed by atoms with Crippen molar-refractivity contribution < 1.29 is 14.3 Å². The number of benzene rings is 2. The van der Waals surface area contributed by atoms with Gasteiger partial charge in [0, 0.05) is 17.1 Å². The molecule has 6 heteroatoms. The fourth-order valence-electron chi connectivity index (χ4n) is 2.85. The molecule has 0 bridgehead atoms. The number of ketones is 1. The van der Waals surface area contributed by atoms with E-state index in [9.17, 15) is 9.59 Å². The van der Waals surface area contributed by atoms with Gasteiger partial charge < -0.3 is 10.1 Å². The van der Waals surface area contributed by atoms with Gasteiger partial charge >= 0.3 is 0 Å². The summed E-state index contributed by atoms with van der Waals surface area (Å²) in [7, 11) is 3.43. The molecule has 0 aliphatic rings. The summed E-state index contributed by atoms with van der Waals surface area (Å²) < 4.78 is 5.34. The zero-order valence-electron chi connectivity index (χ0n) is 15.9. The first-order valence-electron chi connectivity index (χ1n) is 8.73. The van der Waals surface area contributed by atoms with Gasteiger partial charge in [-0.1, -0.05) is 41.9 Å². The summed E-state index contributed by atoms with van der Waals surface area (Å²) in [4.78, 5) is 26.2. The van der Waals surface area contributed by atoms with Crippen LogP contribution in [0.2, 0.25) is 5.02 Å². The minimum absolute atomic E-state index is 0.0635. The van der Waals surface area contributed by atoms with Crippen LogP contribution in [-0.2, 0) is 22.6 Å². The Labute approximate surface area is 165 Å². The average molecular weight is 389 g/mol. The highest BCUT2D eigenvalue weighted by Gasteiger charge is 2.19. The molecule has 0 radical (unpaired) electrons. The molecule has 1 amide bonds. The molecule has 0 spiro atoms. The van der Waals surface area contributed by atoms with E-state index in [1.54, 1.807) is 19.2 Å². The van der Waals surface area contributed by atoms with E-state index < -0.39 is 6.04 Å². The molecular formula is C21H25ClN2O3. The Morgan fingerprint density at radius 3 is 2.52 bits per heavy atom. The van der Waals surface area contributed by atoms with Crippen molar-refractivity contribution in [3.63, 3.8) is 0 Å². The summed E-state index contributed by atoms with van der Waals surface area (Å²) in [6, 6.07) is 14.5. The van der Waals surface area contributed by atoms with Gasteiger partial charge in [0.2, 0.25) is 5.91 Å². The van der Waals surface area contributed by atoms with Gasteiger partial charge in [-0.3, -0.25) is 14.5 Å². The molecular weight excluding hydrogens is 364 g/mol. The monoisotopic (exact) mass is 388 g/mol. The number of nitrogens with one attached hydrogen (secondary N) is 1. The van der Waals surface area contributed by atoms with E-state index in [-0.39, 0.29) is 18.2 Å². The van der Waals surface area contributed by atoms with E-state index in [0.29, 0.717) is 18.0 Å². The number of rotatable bonds is 9. The first-order valence-corrected chi connectivity index (χ1v) is 9.11. The van der Waals surface area contributed by atoms with Crippen LogP contribution in [0.15, 0.2) is 48.5 Å². The molecule has 0 aliphatic carbocycles. The number of nitrogens with zero attached hydrogens (tertiary/aromatic N) is 1. The molecule has 2 aromatic carbocycles. The molecule has 0 aliphatic heterocycles. The number of likely N-dealkylation sites (N-methyl/N-ethyl adjacent to an activating group) is 1. The topological polar surface area (TPSA) is 58.6 Å². The molecule has 144 valence electrons. The Balaban J connectivity index is 1.94. The molecule has 1 atom stereocenters. The average Bonchev–Trinajstić information content (AvgIpc) is 2.62. The summed E-state index contributed by atoms with van der Waals surface area (Å²) in [5.41, 5.74) is 1.91. The van der Waals surface area contributed by atoms with E-state index in [0.717, 1.165) is 16.9 Å². The molecule has 0 unspecified atom stereocenters. The van der Waals surface area contributed by atoms with E-state index in [1.165, 1.54) is 6.92 Å². The Bertz CT molecular complexity index is 780. The predicted octanol–water partition coefficient (Wildman–Crippen LogP) is 3.10. The van der Waals surface area contributed by atoms with Crippen molar-refractivity contribution in [2.24, 2.45) is 0 Å². The number of methoxy groups -OCH3 is 1. The van der Waals surface area contributed by atoms with Gasteiger partial charge in [0.25, 0.3) is 0 Å². The minimum atomic E-state index is -0.533. The number of carbonyl (C=O) groups excluding carboxylic acids is 2. The second-order valence-electron chi connectivity index (χ2n) is 6.55. The standard InChI is InChI=1S/C21H25ClN2O3/c1-15(25)19(11-16-7-5-4-6-8-16)23-21(26)14-24(2)13-17-12-18(22)9-10-20(17)27-3/h4-10,12,19H,11,13-14H2,1-3H3,(H,23,26)/t19-/m1/s1. The fourth-order valence-corrected chi connectivity index (χ4v) is 3.04. The van der Waals surface area contributed by atoms with Gasteiger partial charge in [-0.25, -0.2) is 0 Å². The Hall–Kier alpha value is -2.37. The van der Waals surface area contributed by atoms with E-state index >= 15 is 0 Å². The van der Waals surface area contributed by atoms with Crippen molar-refractivity contribution >= 4 is 23.3 Å². The Kier molecular flexibility index (Phi) is 7.82. The van der Waals surface area contributed by atoms with Gasteiger partial charge in [-0.2, -0.15) is 0 Å². The highest BCUT2D eigenvalue weighted by molar-refractivity contribution is 6.30. The van der Waals surface area contributed by atoms with Gasteiger partial charge in [-0.15, -0.1) is 0 Å². The molecule has 0 fully saturated rings. The summed E-state index contributed by atoms with van der Waals surface area (Å²) in [6.07, 6.45) is 0.480. The molecule has 0 saturated heterocycles. The largest absolute Gasteiger partial charge is 0.496 e. The van der Waals surface area contributed by atoms with E-state index in [4.69, 9.17) is 16.3 Å². The number of ether oxygens (including phenoxy) is 1. The van der Waals surface area contributed by atoms with Gasteiger partial charge in [0.15, 0.2) is 5.78 Å². The summed E-state index contributed by atoms with van der Waals surface area (Å²) in [5.74, 6) is 0.457. The molecule has 1 N–H and O–H groups in total. The SMILES string of the molecule is COc1ccc(Cl)cc1CN(C)CC(=O)N[C@H](Cc1ccccc1)C(C)=O. The molecule has 0 heterocycles. The van der Waals surface area contributed by atoms with Gasteiger partial charge in [0.05, 0.1) is 19.7 Å². The first-order chi connectivity index (χ1) is 12.9. The lowest BCUT2D eigenvalue weighted by Crippen LogP contribution is -2.45. The number of hydrogen-bond donors (Lipinski definition) is 1. The Morgan fingerprint density at radius 2 is 1.89 bits per heavy atom. The molecule has 2 rings (SSSR count). The lowest BCUT2D eigenvalue weighted by atomic mass is 10.0. The third-order valence-electron chi connectivity index (χ3n) is 4.20. The highest BCUT2D eigenvalue weighted by Crippen LogP contribution is 2.23. The maximum absolute atomic E-state index is 12.4. The van der Waals surface area contributed by atoms with Gasteiger partial charge in [0.1, 0.15) is 5.75 Å². The summed E-state index contributed by atoms with van der Waals surface area (Å²) >= 11 is 6.05. The van der Waals surface area contributed by atoms with Crippen molar-refractivity contribution in [2.75, 3.05) is 20.7 Å². The van der Waals surface area contributed by atoms with Crippen LogP contribution in [0.25, 0.3) is 0 Å². The maximum Gasteiger partial charge on any atom is 0.234 e. The maximum atomic E-state index is 12.4. The van der Waals surface area contributed by atoms with Crippen molar-refractivity contribution in [2.45, 2.75) is 25.9 Å². The van der Waals surface area contributed by atoms with Crippen LogP contribution < -0.4 is 10.1 Å². The number of carbonyl (C=O) groups is 2. The zero-order valence-corrected chi connectivity index (χ0v) is 16.6. The second kappa shape index (κ2) is 10.1. The van der Waals surface area contributed by atoms with Crippen molar-refractivity contribution in [3.05, 3.63) is 64.7 Å². The van der Waals surface area contributed by atoms with Gasteiger partial charge in [-0.05, 0) is 44.2 Å². The minimum Gasteiger partial charge on any atom is -0.496 e. The molecule has 2 aromatic rings. The molecule has 0 saturated carbocycles. The number of hydrogen-bond acceptors (Lipinski definition) is 4. The van der Waals surface area contributed by atoms with E-state index in [1.807, 2.05) is 48.3 Å². The van der Waals surface area contributed by atoms with Crippen LogP contribution >= 0.6 is 11.6 Å². The van der Waals surface area contributed by atoms with Crippen molar-refractivity contribution in [1.29, 1.82) is 0 Å². The first kappa shape index (κ1) is 20.9. The van der Waals surface area contributed by atoms with Crippen molar-refractivity contribution in [3.8, 4) is 5.75 Å². The third-order valence-corrected chi connectivity index (χ3v) is 4.44. The Morgan fingerprint density at radius 1 is 1.19 bits per heavy atom. The second-order valence-corrected chi connectivity index (χ2v) is 6.99. The van der Waals surface area contributed by atoms with E-state index in [2.05, 4.69) is 5.32 Å². The molecule has 0 aromatic heterocycles. The number of Topliss-reactive ketones (excluding diaryl/α,β-unsaturated/α-hetero) is 1. The third kappa shape index (κ3) is 6.70. The molecule has 27 heavy (non-hydrogen) atoms. The summed E-state index contributed by atoms with van der Waals surface area (Å²) in [6.45, 7) is 2.16. The summed E-state index contributed by atoms with van der Waals surface area (Å²) in [5, 5.41) is 3.45. The number of halogens is 1. The van der Waals surface area contributed by atoms with Crippen LogP contribution in [0.4, 0.5) is 0 Å². The van der Waals surface area contributed by atoms with Crippen LogP contribution in [0, 0.1) is 0 Å². The predicted molar refractivity (Wildman–Crippen MR) is 107 cm³/mol. The van der Waals surface area contributed by atoms with Crippen LogP contribution in [0.5, 0.6) is 5.75 Å². The van der Waals surface area contributed by atoms with Crippen LogP contribution in [-0.4, -0.2) is 43.3 Å². The van der Waals surface area contributed by atoms with Crippen molar-refractivity contribution in [1.82, 2.24) is 10.2 Å².